The topological polar surface area (TPSA) is 89.7 Å². The molecule has 1 saturated heterocycles. The molecule has 0 bridgehead atoms. The molecule has 28 heavy (non-hydrogen) atoms. The number of anilines is 2. The number of nitrogens with zero attached hydrogens (tertiary/aromatic N) is 5. The number of hydrogen-bond acceptors (Lipinski definition) is 5. The molecule has 0 aromatic carbocycles. The molecule has 1 aliphatic heterocycles. The van der Waals surface area contributed by atoms with Gasteiger partial charge >= 0.3 is 0 Å². The smallest absolute Gasteiger partial charge is 0.244 e. The predicted molar refractivity (Wildman–Crippen MR) is 108 cm³/mol. The van der Waals surface area contributed by atoms with E-state index in [0.717, 1.165) is 36.1 Å². The fourth-order valence-electron chi connectivity index (χ4n) is 3.78. The number of aromatic nitrogens is 5. The van der Waals surface area contributed by atoms with E-state index >= 15 is 0 Å². The van der Waals surface area contributed by atoms with E-state index in [2.05, 4.69) is 58.3 Å². The Morgan fingerprint density at radius 3 is 2.93 bits per heavy atom. The Morgan fingerprint density at radius 1 is 1.36 bits per heavy atom. The lowest BCUT2D eigenvalue weighted by Crippen LogP contribution is -2.22. The van der Waals surface area contributed by atoms with Gasteiger partial charge in [-0.15, -0.1) is 0 Å². The first-order chi connectivity index (χ1) is 13.5. The van der Waals surface area contributed by atoms with Crippen LogP contribution in [0.2, 0.25) is 0 Å². The first-order valence-electron chi connectivity index (χ1n) is 9.96. The molecule has 1 fully saturated rings. The minimum atomic E-state index is -0.238. The van der Waals surface area contributed by atoms with Crippen LogP contribution in [0.4, 0.5) is 11.6 Å². The summed E-state index contributed by atoms with van der Waals surface area (Å²) in [6, 6.07) is 1.82. The van der Waals surface area contributed by atoms with Crippen LogP contribution in [0, 0.1) is 11.8 Å². The highest BCUT2D eigenvalue weighted by Gasteiger charge is 2.26. The summed E-state index contributed by atoms with van der Waals surface area (Å²) in [7, 11) is 0. The van der Waals surface area contributed by atoms with Gasteiger partial charge in [-0.3, -0.25) is 9.48 Å². The number of amides is 1. The summed E-state index contributed by atoms with van der Waals surface area (Å²) in [6.45, 7) is 8.41. The number of nitrogens with one attached hydrogen (secondary N) is 2. The lowest BCUT2D eigenvalue weighted by Gasteiger charge is -2.20. The second-order valence-corrected chi connectivity index (χ2v) is 7.78. The normalized spacial score (nSPS) is 18.0. The monoisotopic (exact) mass is 381 g/mol. The summed E-state index contributed by atoms with van der Waals surface area (Å²) < 4.78 is 3.91. The average molecular weight is 381 g/mol. The van der Waals surface area contributed by atoms with Gasteiger partial charge in [-0.25, -0.2) is 4.98 Å². The van der Waals surface area contributed by atoms with Crippen molar-refractivity contribution in [1.82, 2.24) is 29.6 Å². The van der Waals surface area contributed by atoms with Crippen molar-refractivity contribution in [1.29, 1.82) is 0 Å². The van der Waals surface area contributed by atoms with E-state index in [0.29, 0.717) is 24.3 Å². The van der Waals surface area contributed by atoms with Crippen LogP contribution in [-0.4, -0.2) is 36.8 Å². The zero-order valence-corrected chi connectivity index (χ0v) is 16.6. The number of carbonyl (C=O) groups excluding carboxylic acids is 1. The van der Waals surface area contributed by atoms with Gasteiger partial charge in [-0.05, 0) is 24.3 Å². The number of hydrogen-bond donors (Lipinski definition) is 2. The van der Waals surface area contributed by atoms with Crippen LogP contribution in [0.1, 0.15) is 39.7 Å². The van der Waals surface area contributed by atoms with Crippen LogP contribution in [0.3, 0.4) is 0 Å². The van der Waals surface area contributed by atoms with E-state index < -0.39 is 0 Å². The summed E-state index contributed by atoms with van der Waals surface area (Å²) in [5, 5.41) is 11.4. The molecule has 1 amide bonds. The van der Waals surface area contributed by atoms with E-state index in [1.165, 1.54) is 0 Å². The summed E-state index contributed by atoms with van der Waals surface area (Å²) in [5.74, 6) is 1.78. The molecular formula is C20H27N7O. The van der Waals surface area contributed by atoms with Crippen molar-refractivity contribution in [2.45, 2.75) is 46.2 Å². The van der Waals surface area contributed by atoms with Gasteiger partial charge in [0.15, 0.2) is 0 Å². The largest absolute Gasteiger partial charge is 0.354 e. The molecule has 8 heteroatoms. The first-order valence-corrected chi connectivity index (χ1v) is 9.96. The molecule has 8 nitrogen and oxygen atoms in total. The third-order valence-electron chi connectivity index (χ3n) is 5.60. The molecule has 3 aromatic rings. The molecular weight excluding hydrogens is 354 g/mol. The minimum absolute atomic E-state index is 0.0146. The SMILES string of the molecule is CC[C@@H](Cn1ccc2cnc(Nc3cnn(C4CCNC4=O)c3)nc21)C(C)C. The summed E-state index contributed by atoms with van der Waals surface area (Å²) in [6.07, 6.45) is 9.35. The van der Waals surface area contributed by atoms with Crippen LogP contribution >= 0.6 is 0 Å². The fourth-order valence-corrected chi connectivity index (χ4v) is 3.78. The molecule has 2 N–H and O–H groups in total. The quantitative estimate of drug-likeness (QED) is 0.656. The van der Waals surface area contributed by atoms with Crippen molar-refractivity contribution in [3.05, 3.63) is 30.9 Å². The van der Waals surface area contributed by atoms with E-state index in [9.17, 15) is 4.79 Å². The second-order valence-electron chi connectivity index (χ2n) is 7.78. The number of rotatable bonds is 7. The van der Waals surface area contributed by atoms with Gasteiger partial charge in [0, 0.05) is 37.1 Å². The first kappa shape index (κ1) is 18.5. The number of fused-ring (bicyclic) bond motifs is 1. The van der Waals surface area contributed by atoms with Gasteiger partial charge in [-0.1, -0.05) is 27.2 Å². The lowest BCUT2D eigenvalue weighted by atomic mass is 9.93. The third-order valence-corrected chi connectivity index (χ3v) is 5.60. The van der Waals surface area contributed by atoms with Gasteiger partial charge in [0.1, 0.15) is 11.7 Å². The van der Waals surface area contributed by atoms with Gasteiger partial charge < -0.3 is 15.2 Å². The van der Waals surface area contributed by atoms with E-state index in [-0.39, 0.29) is 11.9 Å². The predicted octanol–water partition coefficient (Wildman–Crippen LogP) is 3.11. The van der Waals surface area contributed by atoms with Crippen LogP contribution in [-0.2, 0) is 11.3 Å². The van der Waals surface area contributed by atoms with E-state index in [1.807, 2.05) is 12.4 Å². The molecule has 0 radical (unpaired) electrons. The fraction of sp³-hybridized carbons (Fsp3) is 0.500. The number of carbonyl (C=O) groups is 1. The van der Waals surface area contributed by atoms with Gasteiger partial charge in [-0.2, -0.15) is 10.1 Å². The molecule has 0 spiro atoms. The second kappa shape index (κ2) is 7.61. The highest BCUT2D eigenvalue weighted by atomic mass is 16.2. The third kappa shape index (κ3) is 3.58. The Bertz CT molecular complexity index is 974. The van der Waals surface area contributed by atoms with E-state index in [4.69, 9.17) is 4.98 Å². The highest BCUT2D eigenvalue weighted by Crippen LogP contribution is 2.23. The van der Waals surface area contributed by atoms with Crippen LogP contribution < -0.4 is 10.6 Å². The van der Waals surface area contributed by atoms with Crippen molar-refractivity contribution in [3.63, 3.8) is 0 Å². The summed E-state index contributed by atoms with van der Waals surface area (Å²) in [5.41, 5.74) is 1.70. The zero-order chi connectivity index (χ0) is 19.7. The Kier molecular flexibility index (Phi) is 5.02. The minimum Gasteiger partial charge on any atom is -0.354 e. The van der Waals surface area contributed by atoms with Gasteiger partial charge in [0.05, 0.1) is 11.9 Å². The molecule has 0 aliphatic carbocycles. The Balaban J connectivity index is 1.54. The molecule has 2 atom stereocenters. The maximum atomic E-state index is 11.8. The highest BCUT2D eigenvalue weighted by molar-refractivity contribution is 5.82. The Labute approximate surface area is 164 Å². The molecule has 148 valence electrons. The Morgan fingerprint density at radius 2 is 2.21 bits per heavy atom. The molecule has 3 aromatic heterocycles. The maximum Gasteiger partial charge on any atom is 0.244 e. The summed E-state index contributed by atoms with van der Waals surface area (Å²) >= 11 is 0. The average Bonchev–Trinajstić information content (AvgIpc) is 3.39. The molecule has 1 unspecified atom stereocenters. The van der Waals surface area contributed by atoms with Crippen molar-refractivity contribution < 1.29 is 4.79 Å². The lowest BCUT2D eigenvalue weighted by molar-refractivity contribution is -0.122. The Hall–Kier alpha value is -2.90. The molecule has 4 rings (SSSR count). The summed E-state index contributed by atoms with van der Waals surface area (Å²) in [4.78, 5) is 21.0. The molecule has 0 saturated carbocycles. The zero-order valence-electron chi connectivity index (χ0n) is 16.6. The van der Waals surface area contributed by atoms with Crippen LogP contribution in [0.25, 0.3) is 11.0 Å². The van der Waals surface area contributed by atoms with Crippen molar-refractivity contribution in [2.75, 3.05) is 11.9 Å². The van der Waals surface area contributed by atoms with E-state index in [1.54, 1.807) is 10.9 Å². The molecule has 1 aliphatic rings. The van der Waals surface area contributed by atoms with Crippen molar-refractivity contribution in [2.24, 2.45) is 11.8 Å². The van der Waals surface area contributed by atoms with Crippen LogP contribution in [0.15, 0.2) is 30.9 Å². The van der Waals surface area contributed by atoms with Crippen LogP contribution in [0.5, 0.6) is 0 Å². The standard InChI is InChI=1S/C20H27N7O/c1-4-14(13(2)3)11-26-8-6-15-9-22-20(25-18(15)26)24-16-10-23-27(12-16)17-5-7-21-19(17)28/h6,8-10,12-14,17H,4-5,7,11H2,1-3H3,(H,21,28)(H,22,24,25)/t14-,17?/m0/s1. The maximum absolute atomic E-state index is 11.8. The van der Waals surface area contributed by atoms with Crippen molar-refractivity contribution in [3.8, 4) is 0 Å². The molecule has 4 heterocycles. The van der Waals surface area contributed by atoms with Gasteiger partial charge in [0.2, 0.25) is 11.9 Å². The van der Waals surface area contributed by atoms with Crippen molar-refractivity contribution >= 4 is 28.6 Å². The van der Waals surface area contributed by atoms with Gasteiger partial charge in [0.25, 0.3) is 0 Å².